The lowest BCUT2D eigenvalue weighted by atomic mass is 10.0. The predicted molar refractivity (Wildman–Crippen MR) is 152 cm³/mol. The van der Waals surface area contributed by atoms with Gasteiger partial charge in [0.2, 0.25) is 21.8 Å². The summed E-state index contributed by atoms with van der Waals surface area (Å²) >= 11 is 0. The summed E-state index contributed by atoms with van der Waals surface area (Å²) in [6.45, 7) is 5.01. The Hall–Kier alpha value is -3.79. The Kier molecular flexibility index (Phi) is 10.4. The van der Waals surface area contributed by atoms with Crippen LogP contribution < -0.4 is 9.62 Å². The number of carbonyl (C=O) groups excluding carboxylic acids is 2. The van der Waals surface area contributed by atoms with Crippen molar-refractivity contribution in [2.75, 3.05) is 17.1 Å². The molecule has 0 aromatic heterocycles. The summed E-state index contributed by atoms with van der Waals surface area (Å²) in [6, 6.07) is 18.2. The Labute approximate surface area is 234 Å². The van der Waals surface area contributed by atoms with Crippen LogP contribution >= 0.6 is 0 Å². The fourth-order valence-corrected chi connectivity index (χ4v) is 5.10. The van der Waals surface area contributed by atoms with Crippen LogP contribution in [-0.4, -0.2) is 50.0 Å². The number of sulfonamides is 1. The third-order valence-corrected chi connectivity index (χ3v) is 7.72. The molecule has 0 saturated carbocycles. The molecule has 214 valence electrons. The van der Waals surface area contributed by atoms with Gasteiger partial charge in [-0.1, -0.05) is 67.1 Å². The Morgan fingerprint density at radius 3 is 2.20 bits per heavy atom. The van der Waals surface area contributed by atoms with Crippen LogP contribution in [0.15, 0.2) is 72.8 Å². The van der Waals surface area contributed by atoms with E-state index in [2.05, 4.69) is 5.32 Å². The van der Waals surface area contributed by atoms with Crippen molar-refractivity contribution in [2.24, 2.45) is 0 Å². The number of nitrogens with zero attached hydrogens (tertiary/aromatic N) is 2. The lowest BCUT2D eigenvalue weighted by Crippen LogP contribution is -2.54. The normalized spacial score (nSPS) is 12.8. The molecule has 2 atom stereocenters. The SMILES string of the molecule is CC[C@@H](C)NC(=O)[C@@H](Cc1ccccc1)N(Cc1cccc(C)c1)C(=O)CN(c1ccc(F)c(F)c1)S(C)(=O)=O. The maximum atomic E-state index is 14.0. The first-order chi connectivity index (χ1) is 18.9. The van der Waals surface area contributed by atoms with E-state index in [0.29, 0.717) is 10.7 Å². The Morgan fingerprint density at radius 2 is 1.60 bits per heavy atom. The van der Waals surface area contributed by atoms with Crippen molar-refractivity contribution in [3.8, 4) is 0 Å². The molecule has 3 aromatic carbocycles. The number of rotatable bonds is 12. The highest BCUT2D eigenvalue weighted by Gasteiger charge is 2.33. The van der Waals surface area contributed by atoms with Crippen molar-refractivity contribution in [3.63, 3.8) is 0 Å². The largest absolute Gasteiger partial charge is 0.352 e. The van der Waals surface area contributed by atoms with Gasteiger partial charge in [-0.3, -0.25) is 13.9 Å². The number of halogens is 2. The second-order valence-electron chi connectivity index (χ2n) is 9.90. The zero-order valence-corrected chi connectivity index (χ0v) is 23.9. The van der Waals surface area contributed by atoms with Gasteiger partial charge in [0, 0.05) is 25.1 Å². The lowest BCUT2D eigenvalue weighted by molar-refractivity contribution is -0.140. The molecule has 0 saturated heterocycles. The molecular weight excluding hydrogens is 536 g/mol. The van der Waals surface area contributed by atoms with Gasteiger partial charge in [0.05, 0.1) is 11.9 Å². The Bertz CT molecular complexity index is 1430. The number of anilines is 1. The van der Waals surface area contributed by atoms with E-state index in [1.807, 2.05) is 75.4 Å². The summed E-state index contributed by atoms with van der Waals surface area (Å²) in [5, 5.41) is 2.96. The Morgan fingerprint density at radius 1 is 0.925 bits per heavy atom. The van der Waals surface area contributed by atoms with Gasteiger partial charge in [0.15, 0.2) is 11.6 Å². The molecule has 0 radical (unpaired) electrons. The number of nitrogens with one attached hydrogen (secondary N) is 1. The topological polar surface area (TPSA) is 86.8 Å². The molecule has 0 fully saturated rings. The lowest BCUT2D eigenvalue weighted by Gasteiger charge is -2.34. The molecule has 3 aromatic rings. The standard InChI is InChI=1S/C30H35F2N3O4S/c1-5-22(3)33-30(37)28(17-23-11-7-6-8-12-23)34(19-24-13-9-10-21(2)16-24)29(36)20-35(40(4,38)39)25-14-15-26(31)27(32)18-25/h6-16,18,22,28H,5,17,19-20H2,1-4H3,(H,33,37)/t22-,28-/m1/s1. The first-order valence-corrected chi connectivity index (χ1v) is 14.9. The molecule has 0 aliphatic heterocycles. The van der Waals surface area contributed by atoms with Crippen molar-refractivity contribution in [3.05, 3.63) is 101 Å². The van der Waals surface area contributed by atoms with Crippen LogP contribution in [0.3, 0.4) is 0 Å². The van der Waals surface area contributed by atoms with Gasteiger partial charge < -0.3 is 10.2 Å². The van der Waals surface area contributed by atoms with Crippen molar-refractivity contribution in [1.29, 1.82) is 0 Å². The number of hydrogen-bond acceptors (Lipinski definition) is 4. The summed E-state index contributed by atoms with van der Waals surface area (Å²) < 4.78 is 53.8. The average Bonchev–Trinajstić information content (AvgIpc) is 2.90. The van der Waals surface area contributed by atoms with E-state index >= 15 is 0 Å². The summed E-state index contributed by atoms with van der Waals surface area (Å²) in [5.74, 6) is -3.44. The quantitative estimate of drug-likeness (QED) is 0.345. The van der Waals surface area contributed by atoms with E-state index in [1.165, 1.54) is 4.90 Å². The average molecular weight is 572 g/mol. The number of amides is 2. The van der Waals surface area contributed by atoms with Crippen LogP contribution in [0.5, 0.6) is 0 Å². The van der Waals surface area contributed by atoms with Gasteiger partial charge >= 0.3 is 0 Å². The maximum absolute atomic E-state index is 14.0. The van der Waals surface area contributed by atoms with Crippen molar-refractivity contribution in [2.45, 2.75) is 52.2 Å². The minimum absolute atomic E-state index is 0.0291. The van der Waals surface area contributed by atoms with E-state index < -0.39 is 40.2 Å². The zero-order chi connectivity index (χ0) is 29.4. The number of carbonyl (C=O) groups is 2. The smallest absolute Gasteiger partial charge is 0.244 e. The number of aryl methyl sites for hydroxylation is 1. The fourth-order valence-electron chi connectivity index (χ4n) is 4.26. The van der Waals surface area contributed by atoms with Crippen molar-refractivity contribution >= 4 is 27.5 Å². The van der Waals surface area contributed by atoms with Gasteiger partial charge in [-0.2, -0.15) is 0 Å². The van der Waals surface area contributed by atoms with Gasteiger partial charge in [0.1, 0.15) is 12.6 Å². The molecule has 0 bridgehead atoms. The third kappa shape index (κ3) is 8.35. The summed E-state index contributed by atoms with van der Waals surface area (Å²) in [4.78, 5) is 29.0. The molecule has 3 rings (SSSR count). The molecular formula is C30H35F2N3O4S. The number of hydrogen-bond donors (Lipinski definition) is 1. The van der Waals surface area contributed by atoms with Crippen LogP contribution in [0.25, 0.3) is 0 Å². The first-order valence-electron chi connectivity index (χ1n) is 13.0. The molecule has 10 heteroatoms. The highest BCUT2D eigenvalue weighted by atomic mass is 32.2. The summed E-state index contributed by atoms with van der Waals surface area (Å²) in [7, 11) is -4.09. The van der Waals surface area contributed by atoms with E-state index in [9.17, 15) is 26.8 Å². The summed E-state index contributed by atoms with van der Waals surface area (Å²) in [5.41, 5.74) is 2.32. The minimum Gasteiger partial charge on any atom is -0.352 e. The van der Waals surface area contributed by atoms with Crippen LogP contribution in [0.4, 0.5) is 14.5 Å². The molecule has 40 heavy (non-hydrogen) atoms. The highest BCUT2D eigenvalue weighted by Crippen LogP contribution is 2.22. The molecule has 7 nitrogen and oxygen atoms in total. The van der Waals surface area contributed by atoms with Crippen molar-refractivity contribution in [1.82, 2.24) is 10.2 Å². The molecule has 0 spiro atoms. The van der Waals surface area contributed by atoms with Gasteiger partial charge in [-0.25, -0.2) is 17.2 Å². The van der Waals surface area contributed by atoms with Crippen LogP contribution in [0.2, 0.25) is 0 Å². The second-order valence-corrected chi connectivity index (χ2v) is 11.8. The maximum Gasteiger partial charge on any atom is 0.244 e. The number of benzene rings is 3. The second kappa shape index (κ2) is 13.5. The molecule has 0 unspecified atom stereocenters. The summed E-state index contributed by atoms with van der Waals surface area (Å²) in [6.07, 6.45) is 1.74. The Balaban J connectivity index is 2.07. The van der Waals surface area contributed by atoms with E-state index in [0.717, 1.165) is 41.1 Å². The molecule has 1 N–H and O–H groups in total. The van der Waals surface area contributed by atoms with Gasteiger partial charge in [0.25, 0.3) is 0 Å². The van der Waals surface area contributed by atoms with Crippen LogP contribution in [0, 0.1) is 18.6 Å². The fraction of sp³-hybridized carbons (Fsp3) is 0.333. The van der Waals surface area contributed by atoms with Gasteiger partial charge in [-0.05, 0) is 43.5 Å². The van der Waals surface area contributed by atoms with E-state index in [4.69, 9.17) is 0 Å². The third-order valence-electron chi connectivity index (χ3n) is 6.58. The predicted octanol–water partition coefficient (Wildman–Crippen LogP) is 4.59. The first kappa shape index (κ1) is 30.7. The molecule has 2 amide bonds. The zero-order valence-electron chi connectivity index (χ0n) is 23.1. The monoisotopic (exact) mass is 571 g/mol. The van der Waals surface area contributed by atoms with Gasteiger partial charge in [-0.15, -0.1) is 0 Å². The minimum atomic E-state index is -4.09. The van der Waals surface area contributed by atoms with E-state index in [-0.39, 0.29) is 30.6 Å². The molecule has 0 aliphatic carbocycles. The van der Waals surface area contributed by atoms with Crippen molar-refractivity contribution < 1.29 is 26.8 Å². The highest BCUT2D eigenvalue weighted by molar-refractivity contribution is 7.92. The molecule has 0 heterocycles. The molecule has 0 aliphatic rings. The van der Waals surface area contributed by atoms with E-state index in [1.54, 1.807) is 0 Å². The van der Waals surface area contributed by atoms with Crippen LogP contribution in [-0.2, 0) is 32.6 Å². The van der Waals surface area contributed by atoms with Crippen LogP contribution in [0.1, 0.15) is 37.0 Å².